The number of hydrogen-bond acceptors (Lipinski definition) is 1. The van der Waals surface area contributed by atoms with Crippen molar-refractivity contribution >= 4 is 11.8 Å². The highest BCUT2D eigenvalue weighted by Gasteiger charge is 1.99. The van der Waals surface area contributed by atoms with Crippen LogP contribution in [0.4, 0.5) is 0 Å². The van der Waals surface area contributed by atoms with Gasteiger partial charge in [0.05, 0.1) is 0 Å². The van der Waals surface area contributed by atoms with Gasteiger partial charge in [-0.25, -0.2) is 4.84 Å². The molecular weight excluding hydrogens is 146 g/mol. The number of rotatable bonds is 2. The normalized spacial score (nSPS) is 13.0. The highest BCUT2D eigenvalue weighted by molar-refractivity contribution is 6.13. The molecule has 10 heavy (non-hydrogen) atoms. The van der Waals surface area contributed by atoms with Gasteiger partial charge in [0.25, 0.3) is 0 Å². The van der Waals surface area contributed by atoms with Crippen LogP contribution in [-0.2, 0) is 0 Å². The molecule has 0 bridgehead atoms. The Bertz CT molecular complexity index is 186. The Kier molecular flexibility index (Phi) is 2.72. The summed E-state index contributed by atoms with van der Waals surface area (Å²) in [6.07, 6.45) is 0. The molecule has 0 fully saturated rings. The molecule has 0 saturated heterocycles. The standard InChI is InChI=1S/C8H10ClN/c1-7(10-9)8-5-3-2-4-6-8/h2-7,10H,1H3. The second-order valence-corrected chi connectivity index (χ2v) is 2.46. The molecule has 1 aromatic carbocycles. The van der Waals surface area contributed by atoms with Crippen molar-refractivity contribution in [2.45, 2.75) is 13.0 Å². The van der Waals surface area contributed by atoms with Gasteiger partial charge in [0, 0.05) is 6.04 Å². The van der Waals surface area contributed by atoms with Gasteiger partial charge in [0.2, 0.25) is 0 Å². The highest BCUT2D eigenvalue weighted by atomic mass is 35.5. The maximum absolute atomic E-state index is 5.44. The lowest BCUT2D eigenvalue weighted by Crippen LogP contribution is -2.05. The van der Waals surface area contributed by atoms with Crippen LogP contribution in [0.5, 0.6) is 0 Å². The fraction of sp³-hybridized carbons (Fsp3) is 0.250. The van der Waals surface area contributed by atoms with E-state index in [1.165, 1.54) is 5.56 Å². The quantitative estimate of drug-likeness (QED) is 0.648. The van der Waals surface area contributed by atoms with Crippen molar-refractivity contribution in [3.05, 3.63) is 35.9 Å². The molecule has 1 unspecified atom stereocenters. The molecule has 0 amide bonds. The van der Waals surface area contributed by atoms with Gasteiger partial charge in [-0.05, 0) is 24.3 Å². The van der Waals surface area contributed by atoms with Crippen LogP contribution in [0.1, 0.15) is 18.5 Å². The van der Waals surface area contributed by atoms with Crippen molar-refractivity contribution in [2.24, 2.45) is 0 Å². The molecule has 0 aliphatic heterocycles. The van der Waals surface area contributed by atoms with E-state index in [0.29, 0.717) is 0 Å². The summed E-state index contributed by atoms with van der Waals surface area (Å²) in [5.74, 6) is 0. The van der Waals surface area contributed by atoms with Crippen LogP contribution >= 0.6 is 11.8 Å². The summed E-state index contributed by atoms with van der Waals surface area (Å²) in [5, 5.41) is 0. The molecule has 0 heterocycles. The molecule has 0 radical (unpaired) electrons. The Morgan fingerprint density at radius 1 is 1.30 bits per heavy atom. The first kappa shape index (κ1) is 7.58. The Morgan fingerprint density at radius 2 is 1.90 bits per heavy atom. The number of benzene rings is 1. The third kappa shape index (κ3) is 1.72. The SMILES string of the molecule is CC(NCl)c1ccccc1. The second kappa shape index (κ2) is 3.59. The van der Waals surface area contributed by atoms with E-state index in [2.05, 4.69) is 4.84 Å². The smallest absolute Gasteiger partial charge is 0.0442 e. The van der Waals surface area contributed by atoms with Crippen molar-refractivity contribution in [3.8, 4) is 0 Å². The average molecular weight is 156 g/mol. The minimum absolute atomic E-state index is 0.225. The van der Waals surface area contributed by atoms with Gasteiger partial charge in [-0.3, -0.25) is 0 Å². The van der Waals surface area contributed by atoms with E-state index in [1.54, 1.807) is 0 Å². The summed E-state index contributed by atoms with van der Waals surface area (Å²) < 4.78 is 0. The molecular formula is C8H10ClN. The zero-order chi connectivity index (χ0) is 7.40. The monoisotopic (exact) mass is 155 g/mol. The van der Waals surface area contributed by atoms with Crippen LogP contribution in [0.15, 0.2) is 30.3 Å². The first-order valence-corrected chi connectivity index (χ1v) is 3.63. The fourth-order valence-corrected chi connectivity index (χ4v) is 0.931. The van der Waals surface area contributed by atoms with Crippen molar-refractivity contribution in [1.82, 2.24) is 4.84 Å². The van der Waals surface area contributed by atoms with Gasteiger partial charge in [-0.15, -0.1) is 0 Å². The van der Waals surface area contributed by atoms with E-state index in [-0.39, 0.29) is 6.04 Å². The molecule has 1 nitrogen and oxygen atoms in total. The minimum atomic E-state index is 0.225. The summed E-state index contributed by atoms with van der Waals surface area (Å²) in [6.45, 7) is 2.02. The third-order valence-electron chi connectivity index (χ3n) is 1.46. The largest absolute Gasteiger partial charge is 0.226 e. The lowest BCUT2D eigenvalue weighted by atomic mass is 10.1. The molecule has 1 rings (SSSR count). The molecule has 2 heteroatoms. The maximum atomic E-state index is 5.44. The summed E-state index contributed by atoms with van der Waals surface area (Å²) in [7, 11) is 0. The van der Waals surface area contributed by atoms with Crippen LogP contribution < -0.4 is 4.84 Å². The van der Waals surface area contributed by atoms with Gasteiger partial charge in [-0.1, -0.05) is 30.3 Å². The van der Waals surface area contributed by atoms with Crippen LogP contribution in [-0.4, -0.2) is 0 Å². The topological polar surface area (TPSA) is 12.0 Å². The van der Waals surface area contributed by atoms with E-state index in [4.69, 9.17) is 11.8 Å². The molecule has 1 N–H and O–H groups in total. The molecule has 54 valence electrons. The maximum Gasteiger partial charge on any atom is 0.0442 e. The van der Waals surface area contributed by atoms with Crippen LogP contribution in [0, 0.1) is 0 Å². The van der Waals surface area contributed by atoms with E-state index in [0.717, 1.165) is 0 Å². The molecule has 0 spiro atoms. The predicted molar refractivity (Wildman–Crippen MR) is 43.8 cm³/mol. The molecule has 0 saturated carbocycles. The van der Waals surface area contributed by atoms with Gasteiger partial charge in [0.1, 0.15) is 0 Å². The fourth-order valence-electron chi connectivity index (χ4n) is 0.805. The molecule has 0 aromatic heterocycles. The van der Waals surface area contributed by atoms with E-state index < -0.39 is 0 Å². The number of nitrogens with one attached hydrogen (secondary N) is 1. The number of hydrogen-bond donors (Lipinski definition) is 1. The first-order chi connectivity index (χ1) is 4.84. The Morgan fingerprint density at radius 3 is 2.40 bits per heavy atom. The van der Waals surface area contributed by atoms with E-state index in [1.807, 2.05) is 37.3 Å². The number of halogens is 1. The third-order valence-corrected chi connectivity index (χ3v) is 1.79. The molecule has 0 aliphatic rings. The molecule has 1 aromatic rings. The zero-order valence-corrected chi connectivity index (χ0v) is 6.60. The van der Waals surface area contributed by atoms with Gasteiger partial charge >= 0.3 is 0 Å². The van der Waals surface area contributed by atoms with Gasteiger partial charge in [-0.2, -0.15) is 0 Å². The van der Waals surface area contributed by atoms with E-state index in [9.17, 15) is 0 Å². The summed E-state index contributed by atoms with van der Waals surface area (Å²) in [6, 6.07) is 10.3. The predicted octanol–water partition coefficient (Wildman–Crippen LogP) is 2.49. The Hall–Kier alpha value is -0.530. The minimum Gasteiger partial charge on any atom is -0.226 e. The second-order valence-electron chi connectivity index (χ2n) is 2.24. The zero-order valence-electron chi connectivity index (χ0n) is 5.84. The Balaban J connectivity index is 2.75. The lowest BCUT2D eigenvalue weighted by molar-refractivity contribution is 0.745. The van der Waals surface area contributed by atoms with Crippen molar-refractivity contribution < 1.29 is 0 Å². The van der Waals surface area contributed by atoms with E-state index >= 15 is 0 Å². The lowest BCUT2D eigenvalue weighted by Gasteiger charge is -2.06. The van der Waals surface area contributed by atoms with Crippen molar-refractivity contribution in [2.75, 3.05) is 0 Å². The Labute approximate surface area is 66.1 Å². The van der Waals surface area contributed by atoms with Crippen LogP contribution in [0.25, 0.3) is 0 Å². The average Bonchev–Trinajstić information content (AvgIpc) is 2.05. The van der Waals surface area contributed by atoms with Crippen LogP contribution in [0.3, 0.4) is 0 Å². The summed E-state index contributed by atoms with van der Waals surface area (Å²) >= 11 is 5.44. The molecule has 1 atom stereocenters. The molecule has 0 aliphatic carbocycles. The highest BCUT2D eigenvalue weighted by Crippen LogP contribution is 2.10. The summed E-state index contributed by atoms with van der Waals surface area (Å²) in [5.41, 5.74) is 1.21. The van der Waals surface area contributed by atoms with Crippen molar-refractivity contribution in [3.63, 3.8) is 0 Å². The summed E-state index contributed by atoms with van der Waals surface area (Å²) in [4.78, 5) is 2.65. The van der Waals surface area contributed by atoms with Crippen molar-refractivity contribution in [1.29, 1.82) is 0 Å². The van der Waals surface area contributed by atoms with Gasteiger partial charge < -0.3 is 0 Å². The van der Waals surface area contributed by atoms with Crippen LogP contribution in [0.2, 0.25) is 0 Å². The first-order valence-electron chi connectivity index (χ1n) is 3.25. The van der Waals surface area contributed by atoms with Gasteiger partial charge in [0.15, 0.2) is 0 Å².